The molecule has 0 fully saturated rings. The summed E-state index contributed by atoms with van der Waals surface area (Å²) in [4.78, 5) is 20.0. The maximum atomic E-state index is 11.6. The Balaban J connectivity index is 1.71. The first kappa shape index (κ1) is 12.2. The Bertz CT molecular complexity index is 479. The average molecular weight is 267 g/mol. The number of hydrogen-bond donors (Lipinski definition) is 1. The molecular weight excluding hydrogens is 254 g/mol. The van der Waals surface area contributed by atoms with E-state index in [1.165, 1.54) is 0 Å². The first-order valence-corrected chi connectivity index (χ1v) is 7.11. The van der Waals surface area contributed by atoms with E-state index in [0.717, 1.165) is 22.8 Å². The summed E-state index contributed by atoms with van der Waals surface area (Å²) in [5, 5.41) is 7.79. The van der Waals surface area contributed by atoms with Crippen molar-refractivity contribution in [2.24, 2.45) is 0 Å². The number of amides is 1. The number of aryl methyl sites for hydroxylation is 1. The van der Waals surface area contributed by atoms with Gasteiger partial charge in [0.2, 0.25) is 5.91 Å². The van der Waals surface area contributed by atoms with E-state index in [0.29, 0.717) is 13.0 Å². The fourth-order valence-electron chi connectivity index (χ4n) is 1.41. The SMILES string of the molecule is Cc1nc(CC(=O)NCCc2cscn2)cs1. The minimum absolute atomic E-state index is 0.0190. The molecule has 0 aromatic carbocycles. The Labute approximate surface area is 108 Å². The van der Waals surface area contributed by atoms with Crippen LogP contribution < -0.4 is 5.32 Å². The van der Waals surface area contributed by atoms with Crippen LogP contribution in [-0.2, 0) is 17.6 Å². The van der Waals surface area contributed by atoms with E-state index < -0.39 is 0 Å². The van der Waals surface area contributed by atoms with Crippen LogP contribution in [0.3, 0.4) is 0 Å². The molecule has 2 heterocycles. The number of thiazole rings is 2. The van der Waals surface area contributed by atoms with E-state index >= 15 is 0 Å². The maximum Gasteiger partial charge on any atom is 0.226 e. The van der Waals surface area contributed by atoms with Crippen LogP contribution in [0.2, 0.25) is 0 Å². The average Bonchev–Trinajstić information content (AvgIpc) is 2.90. The van der Waals surface area contributed by atoms with Crippen LogP contribution in [-0.4, -0.2) is 22.4 Å². The summed E-state index contributed by atoms with van der Waals surface area (Å²) in [6.45, 7) is 2.57. The summed E-state index contributed by atoms with van der Waals surface area (Å²) in [6, 6.07) is 0. The highest BCUT2D eigenvalue weighted by Crippen LogP contribution is 2.08. The zero-order valence-electron chi connectivity index (χ0n) is 9.47. The summed E-state index contributed by atoms with van der Waals surface area (Å²) in [5.41, 5.74) is 3.67. The van der Waals surface area contributed by atoms with Crippen LogP contribution in [0.15, 0.2) is 16.3 Å². The van der Waals surface area contributed by atoms with Crippen molar-refractivity contribution in [3.05, 3.63) is 32.7 Å². The Morgan fingerprint density at radius 2 is 2.29 bits per heavy atom. The van der Waals surface area contributed by atoms with Crippen molar-refractivity contribution >= 4 is 28.6 Å². The second-order valence-electron chi connectivity index (χ2n) is 3.61. The van der Waals surface area contributed by atoms with Crippen LogP contribution in [0.5, 0.6) is 0 Å². The number of aromatic nitrogens is 2. The Morgan fingerprint density at radius 3 is 2.94 bits per heavy atom. The van der Waals surface area contributed by atoms with E-state index in [4.69, 9.17) is 0 Å². The van der Waals surface area contributed by atoms with E-state index in [-0.39, 0.29) is 5.91 Å². The van der Waals surface area contributed by atoms with Crippen LogP contribution in [0.1, 0.15) is 16.4 Å². The lowest BCUT2D eigenvalue weighted by molar-refractivity contribution is -0.120. The normalized spacial score (nSPS) is 10.4. The second kappa shape index (κ2) is 5.88. The summed E-state index contributed by atoms with van der Waals surface area (Å²) < 4.78 is 0. The van der Waals surface area contributed by atoms with Crippen LogP contribution in [0.25, 0.3) is 0 Å². The molecule has 2 aromatic rings. The van der Waals surface area contributed by atoms with E-state index in [9.17, 15) is 4.79 Å². The molecule has 1 N–H and O–H groups in total. The molecule has 6 heteroatoms. The molecule has 0 saturated carbocycles. The lowest BCUT2D eigenvalue weighted by Gasteiger charge is -2.02. The second-order valence-corrected chi connectivity index (χ2v) is 5.40. The van der Waals surface area contributed by atoms with Crippen molar-refractivity contribution in [1.82, 2.24) is 15.3 Å². The lowest BCUT2D eigenvalue weighted by Crippen LogP contribution is -2.27. The third kappa shape index (κ3) is 3.90. The Hall–Kier alpha value is -1.27. The molecular formula is C11H13N3OS2. The third-order valence-electron chi connectivity index (χ3n) is 2.20. The molecule has 0 aliphatic heterocycles. The predicted molar refractivity (Wildman–Crippen MR) is 69.4 cm³/mol. The van der Waals surface area contributed by atoms with Gasteiger partial charge in [-0.15, -0.1) is 22.7 Å². The largest absolute Gasteiger partial charge is 0.355 e. The van der Waals surface area contributed by atoms with Gasteiger partial charge in [-0.1, -0.05) is 0 Å². The minimum Gasteiger partial charge on any atom is -0.355 e. The van der Waals surface area contributed by atoms with E-state index in [2.05, 4.69) is 15.3 Å². The maximum absolute atomic E-state index is 11.6. The molecule has 0 radical (unpaired) electrons. The number of carbonyl (C=O) groups excluding carboxylic acids is 1. The van der Waals surface area contributed by atoms with Gasteiger partial charge in [0.05, 0.1) is 28.3 Å². The van der Waals surface area contributed by atoms with Gasteiger partial charge in [0.25, 0.3) is 0 Å². The van der Waals surface area contributed by atoms with Crippen molar-refractivity contribution in [3.8, 4) is 0 Å². The summed E-state index contributed by atoms with van der Waals surface area (Å²) in [6.07, 6.45) is 1.15. The van der Waals surface area contributed by atoms with Gasteiger partial charge >= 0.3 is 0 Å². The van der Waals surface area contributed by atoms with Gasteiger partial charge in [-0.3, -0.25) is 4.79 Å². The molecule has 0 aliphatic rings. The standard InChI is InChI=1S/C11H13N3OS2/c1-8-14-10(6-17-8)4-11(15)12-3-2-9-5-16-7-13-9/h5-7H,2-4H2,1H3,(H,12,15). The third-order valence-corrected chi connectivity index (χ3v) is 3.65. The molecule has 0 bridgehead atoms. The first-order chi connectivity index (χ1) is 8.24. The molecule has 2 rings (SSSR count). The molecule has 17 heavy (non-hydrogen) atoms. The fourth-order valence-corrected chi connectivity index (χ4v) is 2.61. The summed E-state index contributed by atoms with van der Waals surface area (Å²) in [5.74, 6) is 0.0190. The summed E-state index contributed by atoms with van der Waals surface area (Å²) in [7, 11) is 0. The molecule has 0 atom stereocenters. The molecule has 4 nitrogen and oxygen atoms in total. The van der Waals surface area contributed by atoms with Crippen LogP contribution in [0.4, 0.5) is 0 Å². The molecule has 0 aliphatic carbocycles. The number of rotatable bonds is 5. The minimum atomic E-state index is 0.0190. The molecule has 2 aromatic heterocycles. The molecule has 0 spiro atoms. The zero-order chi connectivity index (χ0) is 12.1. The molecule has 1 amide bonds. The Morgan fingerprint density at radius 1 is 1.41 bits per heavy atom. The van der Waals surface area contributed by atoms with Crippen LogP contribution >= 0.6 is 22.7 Å². The van der Waals surface area contributed by atoms with E-state index in [1.54, 1.807) is 28.2 Å². The van der Waals surface area contributed by atoms with Gasteiger partial charge in [-0.2, -0.15) is 0 Å². The van der Waals surface area contributed by atoms with Crippen molar-refractivity contribution in [2.45, 2.75) is 19.8 Å². The molecule has 0 unspecified atom stereocenters. The quantitative estimate of drug-likeness (QED) is 0.899. The highest BCUT2D eigenvalue weighted by molar-refractivity contribution is 7.09. The van der Waals surface area contributed by atoms with E-state index in [1.807, 2.05) is 17.7 Å². The number of nitrogens with one attached hydrogen (secondary N) is 1. The van der Waals surface area contributed by atoms with Crippen LogP contribution in [0, 0.1) is 6.92 Å². The van der Waals surface area contributed by atoms with Gasteiger partial charge in [-0.25, -0.2) is 9.97 Å². The lowest BCUT2D eigenvalue weighted by atomic mass is 10.3. The van der Waals surface area contributed by atoms with Gasteiger partial charge in [0.1, 0.15) is 0 Å². The smallest absolute Gasteiger partial charge is 0.226 e. The van der Waals surface area contributed by atoms with Gasteiger partial charge in [-0.05, 0) is 6.92 Å². The monoisotopic (exact) mass is 267 g/mol. The van der Waals surface area contributed by atoms with Gasteiger partial charge in [0, 0.05) is 23.7 Å². The van der Waals surface area contributed by atoms with Crippen molar-refractivity contribution in [1.29, 1.82) is 0 Å². The number of carbonyl (C=O) groups is 1. The highest BCUT2D eigenvalue weighted by atomic mass is 32.1. The predicted octanol–water partition coefficient (Wildman–Crippen LogP) is 1.81. The van der Waals surface area contributed by atoms with Gasteiger partial charge < -0.3 is 5.32 Å². The van der Waals surface area contributed by atoms with Gasteiger partial charge in [0.15, 0.2) is 0 Å². The molecule has 90 valence electrons. The van der Waals surface area contributed by atoms with Crippen molar-refractivity contribution in [2.75, 3.05) is 6.54 Å². The van der Waals surface area contributed by atoms with Crippen molar-refractivity contribution in [3.63, 3.8) is 0 Å². The number of nitrogens with zero attached hydrogens (tertiary/aromatic N) is 2. The number of hydrogen-bond acceptors (Lipinski definition) is 5. The molecule has 0 saturated heterocycles. The zero-order valence-corrected chi connectivity index (χ0v) is 11.1. The highest BCUT2D eigenvalue weighted by Gasteiger charge is 2.05. The first-order valence-electron chi connectivity index (χ1n) is 5.29. The summed E-state index contributed by atoms with van der Waals surface area (Å²) >= 11 is 3.14. The fraction of sp³-hybridized carbons (Fsp3) is 0.364. The Kier molecular flexibility index (Phi) is 4.22. The van der Waals surface area contributed by atoms with Crippen molar-refractivity contribution < 1.29 is 4.79 Å². The topological polar surface area (TPSA) is 54.9 Å².